The fourth-order valence-corrected chi connectivity index (χ4v) is 2.32. The third kappa shape index (κ3) is 5.19. The maximum absolute atomic E-state index is 12.2. The van der Waals surface area contributed by atoms with Gasteiger partial charge in [-0.2, -0.15) is 13.2 Å². The zero-order chi connectivity index (χ0) is 17.7. The van der Waals surface area contributed by atoms with Crippen LogP contribution in [0, 0.1) is 0 Å². The number of hydrogen-bond acceptors (Lipinski definition) is 6. The first kappa shape index (κ1) is 17.7. The van der Waals surface area contributed by atoms with Gasteiger partial charge in [0.05, 0.1) is 12.1 Å². The Hall–Kier alpha value is -2.69. The van der Waals surface area contributed by atoms with Crippen LogP contribution < -0.4 is 15.8 Å². The molecule has 128 valence electrons. The second-order valence-electron chi connectivity index (χ2n) is 4.50. The molecule has 0 fully saturated rings. The molecule has 0 radical (unpaired) electrons. The van der Waals surface area contributed by atoms with Crippen molar-refractivity contribution in [3.8, 4) is 5.88 Å². The molecule has 0 spiro atoms. The topological polar surface area (TPSA) is 107 Å². The molecule has 0 saturated carbocycles. The predicted octanol–water partition coefficient (Wildman–Crippen LogP) is 1.76. The van der Waals surface area contributed by atoms with E-state index in [0.717, 1.165) is 11.3 Å². The van der Waals surface area contributed by atoms with Gasteiger partial charge in [-0.25, -0.2) is 9.97 Å². The molecule has 0 aliphatic carbocycles. The van der Waals surface area contributed by atoms with Gasteiger partial charge in [-0.3, -0.25) is 14.9 Å². The number of pyridine rings is 1. The van der Waals surface area contributed by atoms with Crippen LogP contribution in [0.3, 0.4) is 0 Å². The number of primary amides is 1. The highest BCUT2D eigenvalue weighted by atomic mass is 32.1. The molecule has 7 nitrogen and oxygen atoms in total. The lowest BCUT2D eigenvalue weighted by Gasteiger charge is -2.11. The van der Waals surface area contributed by atoms with Crippen molar-refractivity contribution in [2.75, 3.05) is 11.9 Å². The van der Waals surface area contributed by atoms with Crippen LogP contribution in [-0.4, -0.2) is 34.6 Å². The summed E-state index contributed by atoms with van der Waals surface area (Å²) >= 11 is 1.05. The van der Waals surface area contributed by atoms with Crippen LogP contribution in [0.4, 0.5) is 18.3 Å². The SMILES string of the molecule is NC(=O)Cc1csc(NC(=O)c2cccnc2OCC(F)(F)F)n1. The Balaban J connectivity index is 2.09. The summed E-state index contributed by atoms with van der Waals surface area (Å²) in [5.74, 6) is -1.75. The Morgan fingerprint density at radius 3 is 2.79 bits per heavy atom. The summed E-state index contributed by atoms with van der Waals surface area (Å²) in [4.78, 5) is 30.6. The molecule has 0 saturated heterocycles. The quantitative estimate of drug-likeness (QED) is 0.816. The number of alkyl halides is 3. The number of nitrogens with one attached hydrogen (secondary N) is 1. The Morgan fingerprint density at radius 2 is 2.12 bits per heavy atom. The zero-order valence-electron chi connectivity index (χ0n) is 12.0. The molecule has 2 heterocycles. The minimum Gasteiger partial charge on any atom is -0.467 e. The number of amides is 2. The van der Waals surface area contributed by atoms with Crippen molar-refractivity contribution in [1.29, 1.82) is 0 Å². The summed E-state index contributed by atoms with van der Waals surface area (Å²) in [7, 11) is 0. The van der Waals surface area contributed by atoms with Crippen molar-refractivity contribution in [3.63, 3.8) is 0 Å². The van der Waals surface area contributed by atoms with Gasteiger partial charge in [0.1, 0.15) is 5.56 Å². The van der Waals surface area contributed by atoms with Crippen LogP contribution in [0.2, 0.25) is 0 Å². The van der Waals surface area contributed by atoms with Crippen LogP contribution in [0.15, 0.2) is 23.7 Å². The standard InChI is InChI=1S/C13H11F3N4O3S/c14-13(15,16)6-23-11-8(2-1-3-18-11)10(22)20-12-19-7(5-24-12)4-9(17)21/h1-3,5H,4,6H2,(H2,17,21)(H,19,20,22). The molecule has 0 aliphatic heterocycles. The molecule has 2 amide bonds. The van der Waals surface area contributed by atoms with Gasteiger partial charge in [0.15, 0.2) is 11.7 Å². The van der Waals surface area contributed by atoms with E-state index in [1.165, 1.54) is 23.7 Å². The predicted molar refractivity (Wildman–Crippen MR) is 78.8 cm³/mol. The van der Waals surface area contributed by atoms with Crippen molar-refractivity contribution in [1.82, 2.24) is 9.97 Å². The van der Waals surface area contributed by atoms with E-state index in [1.54, 1.807) is 0 Å². The molecule has 0 bridgehead atoms. The molecule has 0 unspecified atom stereocenters. The maximum Gasteiger partial charge on any atom is 0.422 e. The molecule has 3 N–H and O–H groups in total. The van der Waals surface area contributed by atoms with Crippen LogP contribution in [0.5, 0.6) is 5.88 Å². The van der Waals surface area contributed by atoms with Gasteiger partial charge in [-0.15, -0.1) is 11.3 Å². The lowest BCUT2D eigenvalue weighted by atomic mass is 10.2. The number of anilines is 1. The van der Waals surface area contributed by atoms with Crippen molar-refractivity contribution in [2.45, 2.75) is 12.6 Å². The summed E-state index contributed by atoms with van der Waals surface area (Å²) < 4.78 is 41.2. The lowest BCUT2D eigenvalue weighted by Crippen LogP contribution is -2.22. The van der Waals surface area contributed by atoms with Gasteiger partial charge in [-0.1, -0.05) is 0 Å². The molecular formula is C13H11F3N4O3S. The van der Waals surface area contributed by atoms with Gasteiger partial charge >= 0.3 is 6.18 Å². The first-order valence-corrected chi connectivity index (χ1v) is 7.31. The van der Waals surface area contributed by atoms with Crippen LogP contribution >= 0.6 is 11.3 Å². The van der Waals surface area contributed by atoms with Crippen LogP contribution in [0.25, 0.3) is 0 Å². The van der Waals surface area contributed by atoms with Crippen LogP contribution in [0.1, 0.15) is 16.1 Å². The molecular weight excluding hydrogens is 349 g/mol. The van der Waals surface area contributed by atoms with Crippen molar-refractivity contribution < 1.29 is 27.5 Å². The lowest BCUT2D eigenvalue weighted by molar-refractivity contribution is -0.154. The number of carbonyl (C=O) groups excluding carboxylic acids is 2. The van der Waals surface area contributed by atoms with E-state index in [0.29, 0.717) is 5.69 Å². The second-order valence-corrected chi connectivity index (χ2v) is 5.36. The van der Waals surface area contributed by atoms with Gasteiger partial charge in [-0.05, 0) is 12.1 Å². The highest BCUT2D eigenvalue weighted by molar-refractivity contribution is 7.14. The van der Waals surface area contributed by atoms with E-state index in [9.17, 15) is 22.8 Å². The molecule has 0 aliphatic rings. The van der Waals surface area contributed by atoms with E-state index >= 15 is 0 Å². The number of aromatic nitrogens is 2. The van der Waals surface area contributed by atoms with Gasteiger partial charge in [0.2, 0.25) is 11.8 Å². The number of nitrogens with two attached hydrogens (primary N) is 1. The monoisotopic (exact) mass is 360 g/mol. The van der Waals surface area contributed by atoms with E-state index in [-0.39, 0.29) is 17.1 Å². The number of carbonyl (C=O) groups is 2. The third-order valence-electron chi connectivity index (χ3n) is 2.52. The fourth-order valence-electron chi connectivity index (χ4n) is 1.62. The first-order chi connectivity index (χ1) is 11.2. The molecule has 11 heteroatoms. The van der Waals surface area contributed by atoms with Gasteiger partial charge in [0.25, 0.3) is 5.91 Å². The number of rotatable bonds is 6. The molecule has 0 aromatic carbocycles. The van der Waals surface area contributed by atoms with Gasteiger partial charge < -0.3 is 10.5 Å². The number of ether oxygens (including phenoxy) is 1. The van der Waals surface area contributed by atoms with Crippen molar-refractivity contribution in [2.24, 2.45) is 5.73 Å². The second kappa shape index (κ2) is 7.25. The normalized spacial score (nSPS) is 11.1. The number of halogens is 3. The van der Waals surface area contributed by atoms with Crippen molar-refractivity contribution >= 4 is 28.3 Å². The smallest absolute Gasteiger partial charge is 0.422 e. The summed E-state index contributed by atoms with van der Waals surface area (Å²) in [5.41, 5.74) is 5.24. The molecule has 2 rings (SSSR count). The van der Waals surface area contributed by atoms with E-state index in [1.807, 2.05) is 0 Å². The minimum atomic E-state index is -4.55. The molecule has 2 aromatic heterocycles. The fraction of sp³-hybridized carbons (Fsp3) is 0.231. The van der Waals surface area contributed by atoms with Crippen LogP contribution in [-0.2, 0) is 11.2 Å². The molecule has 2 aromatic rings. The highest BCUT2D eigenvalue weighted by Crippen LogP contribution is 2.22. The van der Waals surface area contributed by atoms with Crippen molar-refractivity contribution in [3.05, 3.63) is 35.0 Å². The number of hydrogen-bond donors (Lipinski definition) is 2. The van der Waals surface area contributed by atoms with E-state index in [4.69, 9.17) is 5.73 Å². The number of nitrogens with zero attached hydrogens (tertiary/aromatic N) is 2. The van der Waals surface area contributed by atoms with Gasteiger partial charge in [0, 0.05) is 11.6 Å². The summed E-state index contributed by atoms with van der Waals surface area (Å²) in [6, 6.07) is 2.65. The maximum atomic E-state index is 12.2. The largest absolute Gasteiger partial charge is 0.467 e. The zero-order valence-corrected chi connectivity index (χ0v) is 12.8. The Morgan fingerprint density at radius 1 is 1.38 bits per heavy atom. The van der Waals surface area contributed by atoms with E-state index in [2.05, 4.69) is 20.0 Å². The molecule has 0 atom stereocenters. The third-order valence-corrected chi connectivity index (χ3v) is 3.32. The minimum absolute atomic E-state index is 0.0841. The Kier molecular flexibility index (Phi) is 5.34. The average molecular weight is 360 g/mol. The summed E-state index contributed by atoms with van der Waals surface area (Å²) in [6.45, 7) is -1.57. The average Bonchev–Trinajstić information content (AvgIpc) is 2.91. The summed E-state index contributed by atoms with van der Waals surface area (Å²) in [5, 5.41) is 4.11. The van der Waals surface area contributed by atoms with E-state index < -0.39 is 30.5 Å². The number of thiazole rings is 1. The summed E-state index contributed by atoms with van der Waals surface area (Å²) in [6.07, 6.45) is -3.43. The highest BCUT2D eigenvalue weighted by Gasteiger charge is 2.29. The Labute approximate surface area is 137 Å². The Bertz CT molecular complexity index is 748. The molecule has 24 heavy (non-hydrogen) atoms. The first-order valence-electron chi connectivity index (χ1n) is 6.43.